The zero-order chi connectivity index (χ0) is 14.3. The average Bonchev–Trinajstić information content (AvgIpc) is 2.38. The van der Waals surface area contributed by atoms with Crippen molar-refractivity contribution in [1.29, 1.82) is 0 Å². The van der Waals surface area contributed by atoms with Crippen LogP contribution in [0.1, 0.15) is 26.2 Å². The molecule has 0 aliphatic carbocycles. The van der Waals surface area contributed by atoms with Gasteiger partial charge in [0.15, 0.2) is 0 Å². The Morgan fingerprint density at radius 2 is 2.20 bits per heavy atom. The Morgan fingerprint density at radius 1 is 1.40 bits per heavy atom. The van der Waals surface area contributed by atoms with Gasteiger partial charge in [0.2, 0.25) is 5.29 Å². The molecule has 108 valence electrons. The molecule has 7 heteroatoms. The molecule has 1 N–H and O–H groups in total. The number of nitrogens with zero attached hydrogens (tertiary/aromatic N) is 2. The molecule has 0 aromatic heterocycles. The van der Waals surface area contributed by atoms with E-state index < -0.39 is 10.0 Å². The molecule has 3 rings (SSSR count). The van der Waals surface area contributed by atoms with Crippen LogP contribution >= 0.6 is 11.6 Å². The van der Waals surface area contributed by atoms with Crippen LogP contribution in [-0.2, 0) is 10.0 Å². The van der Waals surface area contributed by atoms with Crippen LogP contribution in [0.2, 0.25) is 0 Å². The minimum Gasteiger partial charge on any atom is -0.369 e. The van der Waals surface area contributed by atoms with Gasteiger partial charge >= 0.3 is 0 Å². The van der Waals surface area contributed by atoms with E-state index in [4.69, 9.17) is 11.6 Å². The fourth-order valence-corrected chi connectivity index (χ4v) is 4.17. The molecule has 2 aliphatic heterocycles. The first-order valence-corrected chi connectivity index (χ1v) is 8.47. The lowest BCUT2D eigenvalue weighted by Gasteiger charge is -2.35. The third-order valence-corrected chi connectivity index (χ3v) is 5.41. The number of piperidine rings is 1. The summed E-state index contributed by atoms with van der Waals surface area (Å²) in [5.74, 6) is 0. The van der Waals surface area contributed by atoms with E-state index in [0.29, 0.717) is 11.7 Å². The molecule has 0 spiro atoms. The van der Waals surface area contributed by atoms with Gasteiger partial charge in [0, 0.05) is 18.3 Å². The number of hydrogen-bond donors (Lipinski definition) is 1. The van der Waals surface area contributed by atoms with E-state index >= 15 is 0 Å². The van der Waals surface area contributed by atoms with Gasteiger partial charge in [-0.15, -0.1) is 4.40 Å². The van der Waals surface area contributed by atoms with Gasteiger partial charge in [-0.05, 0) is 56.0 Å². The van der Waals surface area contributed by atoms with Crippen molar-refractivity contribution in [2.24, 2.45) is 4.40 Å². The zero-order valence-corrected chi connectivity index (χ0v) is 12.7. The van der Waals surface area contributed by atoms with Crippen molar-refractivity contribution >= 4 is 38.3 Å². The Bertz CT molecular complexity index is 672. The summed E-state index contributed by atoms with van der Waals surface area (Å²) in [4.78, 5) is 2.44. The molecule has 5 nitrogen and oxygen atoms in total. The summed E-state index contributed by atoms with van der Waals surface area (Å²) in [6, 6.07) is 5.79. The maximum absolute atomic E-state index is 12.1. The fraction of sp³-hybridized carbons (Fsp3) is 0.462. The molecule has 0 bridgehead atoms. The molecule has 20 heavy (non-hydrogen) atoms. The SMILES string of the molecule is C[C@H]1CCCCN1c1ccc2c(c1)S(=O)(=O)N=C(Cl)N2. The highest BCUT2D eigenvalue weighted by Gasteiger charge is 2.26. The van der Waals surface area contributed by atoms with Crippen LogP contribution in [0.3, 0.4) is 0 Å². The van der Waals surface area contributed by atoms with Gasteiger partial charge in [-0.25, -0.2) is 0 Å². The molecule has 1 saturated heterocycles. The highest BCUT2D eigenvalue weighted by atomic mass is 35.5. The zero-order valence-electron chi connectivity index (χ0n) is 11.1. The van der Waals surface area contributed by atoms with E-state index in [1.54, 1.807) is 12.1 Å². The Morgan fingerprint density at radius 3 is 2.95 bits per heavy atom. The molecule has 0 unspecified atom stereocenters. The molecule has 0 amide bonds. The molecule has 0 saturated carbocycles. The molecule has 2 aliphatic rings. The minimum absolute atomic E-state index is 0.114. The summed E-state index contributed by atoms with van der Waals surface area (Å²) >= 11 is 5.69. The lowest BCUT2D eigenvalue weighted by molar-refractivity contribution is 0.484. The van der Waals surface area contributed by atoms with Crippen molar-refractivity contribution in [3.05, 3.63) is 18.2 Å². The predicted molar refractivity (Wildman–Crippen MR) is 81.2 cm³/mol. The Labute approximate surface area is 123 Å². The van der Waals surface area contributed by atoms with E-state index in [1.165, 1.54) is 6.42 Å². The average molecular weight is 314 g/mol. The van der Waals surface area contributed by atoms with Crippen LogP contribution < -0.4 is 10.2 Å². The molecular weight excluding hydrogens is 298 g/mol. The van der Waals surface area contributed by atoms with Crippen molar-refractivity contribution in [1.82, 2.24) is 0 Å². The highest BCUT2D eigenvalue weighted by molar-refractivity contribution is 7.90. The number of fused-ring (bicyclic) bond motifs is 1. The summed E-state index contributed by atoms with van der Waals surface area (Å²) in [6.45, 7) is 3.12. The van der Waals surface area contributed by atoms with Gasteiger partial charge in [-0.2, -0.15) is 8.42 Å². The van der Waals surface area contributed by atoms with Crippen molar-refractivity contribution in [2.45, 2.75) is 37.1 Å². The molecule has 1 atom stereocenters. The van der Waals surface area contributed by atoms with Crippen molar-refractivity contribution < 1.29 is 8.42 Å². The predicted octanol–water partition coefficient (Wildman–Crippen LogP) is 2.77. The number of anilines is 2. The van der Waals surface area contributed by atoms with Gasteiger partial charge in [0.1, 0.15) is 4.90 Å². The topological polar surface area (TPSA) is 61.8 Å². The summed E-state index contributed by atoms with van der Waals surface area (Å²) in [7, 11) is -3.70. The van der Waals surface area contributed by atoms with E-state index in [9.17, 15) is 8.42 Å². The van der Waals surface area contributed by atoms with Crippen LogP contribution in [0.5, 0.6) is 0 Å². The van der Waals surface area contributed by atoms with Gasteiger partial charge in [0.05, 0.1) is 5.69 Å². The third-order valence-electron chi connectivity index (χ3n) is 3.82. The van der Waals surface area contributed by atoms with Gasteiger partial charge < -0.3 is 10.2 Å². The normalized spacial score (nSPS) is 24.6. The molecule has 2 heterocycles. The largest absolute Gasteiger partial charge is 0.369 e. The standard InChI is InChI=1S/C13H16ClN3O2S/c1-9-4-2-3-7-17(9)10-5-6-11-12(8-10)20(18,19)16-13(14)15-11/h5-6,8-9H,2-4,7H2,1H3,(H,15,16)/t9-/m0/s1. The Hall–Kier alpha value is -1.27. The van der Waals surface area contributed by atoms with E-state index in [-0.39, 0.29) is 10.2 Å². The molecular formula is C13H16ClN3O2S. The number of hydrogen-bond acceptors (Lipinski definition) is 4. The van der Waals surface area contributed by atoms with Crippen molar-refractivity contribution in [2.75, 3.05) is 16.8 Å². The number of nitrogens with one attached hydrogen (secondary N) is 1. The van der Waals surface area contributed by atoms with Gasteiger partial charge in [0.25, 0.3) is 10.0 Å². The van der Waals surface area contributed by atoms with Gasteiger partial charge in [-0.3, -0.25) is 0 Å². The summed E-state index contributed by atoms with van der Waals surface area (Å²) in [5.41, 5.74) is 1.41. The van der Waals surface area contributed by atoms with Crippen LogP contribution in [0.15, 0.2) is 27.5 Å². The molecule has 1 aromatic rings. The number of sulfonamides is 1. The van der Waals surface area contributed by atoms with Crippen LogP contribution in [-0.4, -0.2) is 26.3 Å². The number of benzene rings is 1. The van der Waals surface area contributed by atoms with E-state index in [1.807, 2.05) is 6.07 Å². The van der Waals surface area contributed by atoms with Crippen LogP contribution in [0, 0.1) is 0 Å². The first-order chi connectivity index (χ1) is 9.47. The van der Waals surface area contributed by atoms with E-state index in [2.05, 4.69) is 21.5 Å². The third kappa shape index (κ3) is 2.38. The highest BCUT2D eigenvalue weighted by Crippen LogP contribution is 2.33. The number of amidine groups is 1. The second-order valence-corrected chi connectivity index (χ2v) is 7.13. The lowest BCUT2D eigenvalue weighted by Crippen LogP contribution is -2.37. The Balaban J connectivity index is 2.03. The summed E-state index contributed by atoms with van der Waals surface area (Å²) in [6.07, 6.45) is 3.49. The van der Waals surface area contributed by atoms with Crippen molar-refractivity contribution in [3.8, 4) is 0 Å². The maximum atomic E-state index is 12.1. The maximum Gasteiger partial charge on any atom is 0.287 e. The molecule has 1 aromatic carbocycles. The first kappa shape index (κ1) is 13.7. The van der Waals surface area contributed by atoms with E-state index in [0.717, 1.165) is 25.1 Å². The molecule has 1 fully saturated rings. The van der Waals surface area contributed by atoms with Crippen LogP contribution in [0.25, 0.3) is 0 Å². The van der Waals surface area contributed by atoms with Crippen LogP contribution in [0.4, 0.5) is 11.4 Å². The number of halogens is 1. The Kier molecular flexibility index (Phi) is 3.38. The van der Waals surface area contributed by atoms with Gasteiger partial charge in [-0.1, -0.05) is 0 Å². The minimum atomic E-state index is -3.70. The summed E-state index contributed by atoms with van der Waals surface area (Å²) < 4.78 is 27.6. The quantitative estimate of drug-likeness (QED) is 0.810. The lowest BCUT2D eigenvalue weighted by atomic mass is 10.0. The fourth-order valence-electron chi connectivity index (χ4n) is 2.78. The summed E-state index contributed by atoms with van der Waals surface area (Å²) in [5, 5.41) is 2.66. The second-order valence-electron chi connectivity index (χ2n) is 5.20. The first-order valence-electron chi connectivity index (χ1n) is 6.65. The number of rotatable bonds is 1. The molecule has 0 radical (unpaired) electrons. The second kappa shape index (κ2) is 4.93. The smallest absolute Gasteiger partial charge is 0.287 e. The van der Waals surface area contributed by atoms with Crippen molar-refractivity contribution in [3.63, 3.8) is 0 Å². The monoisotopic (exact) mass is 313 g/mol.